The molecule has 14 heavy (non-hydrogen) atoms. The zero-order chi connectivity index (χ0) is 10.2. The Labute approximate surface area is 85.7 Å². The summed E-state index contributed by atoms with van der Waals surface area (Å²) in [5.41, 5.74) is 0.0322. The fourth-order valence-electron chi connectivity index (χ4n) is 3.15. The maximum absolute atomic E-state index is 11.4. The summed E-state index contributed by atoms with van der Waals surface area (Å²) in [6.07, 6.45) is 6.50. The molecule has 0 bridgehead atoms. The summed E-state index contributed by atoms with van der Waals surface area (Å²) in [6.45, 7) is 2.18. The molecule has 2 heteroatoms. The minimum Gasteiger partial charge on any atom is -0.393 e. The SMILES string of the molecule is C[C@]12CCC(=O)C[C@@H]1CCCC[C@H]2O. The number of hydrogen-bond donors (Lipinski definition) is 1. The van der Waals surface area contributed by atoms with Crippen molar-refractivity contribution in [2.75, 3.05) is 0 Å². The van der Waals surface area contributed by atoms with E-state index < -0.39 is 0 Å². The van der Waals surface area contributed by atoms with E-state index in [1.807, 2.05) is 0 Å². The van der Waals surface area contributed by atoms with Crippen LogP contribution in [0.5, 0.6) is 0 Å². The summed E-state index contributed by atoms with van der Waals surface area (Å²) < 4.78 is 0. The highest BCUT2D eigenvalue weighted by Gasteiger charge is 2.44. The number of aliphatic hydroxyl groups excluding tert-OH is 1. The fourth-order valence-corrected chi connectivity index (χ4v) is 3.15. The number of ketones is 1. The molecule has 0 aromatic heterocycles. The first-order chi connectivity index (χ1) is 6.63. The Morgan fingerprint density at radius 2 is 2.07 bits per heavy atom. The van der Waals surface area contributed by atoms with Crippen molar-refractivity contribution >= 4 is 5.78 Å². The number of Topliss-reactive ketones (excluding diaryl/α,β-unsaturated/α-hetero) is 1. The highest BCUT2D eigenvalue weighted by molar-refractivity contribution is 5.79. The van der Waals surface area contributed by atoms with E-state index >= 15 is 0 Å². The molecule has 0 unspecified atom stereocenters. The van der Waals surface area contributed by atoms with E-state index in [1.165, 1.54) is 6.42 Å². The lowest BCUT2D eigenvalue weighted by atomic mass is 9.63. The minimum atomic E-state index is -0.178. The van der Waals surface area contributed by atoms with E-state index in [9.17, 15) is 9.90 Å². The van der Waals surface area contributed by atoms with E-state index in [0.29, 0.717) is 24.5 Å². The average molecular weight is 196 g/mol. The van der Waals surface area contributed by atoms with Crippen LogP contribution >= 0.6 is 0 Å². The lowest BCUT2D eigenvalue weighted by molar-refractivity contribution is -0.128. The van der Waals surface area contributed by atoms with Crippen LogP contribution in [0.25, 0.3) is 0 Å². The Balaban J connectivity index is 2.19. The van der Waals surface area contributed by atoms with Crippen LogP contribution in [0.3, 0.4) is 0 Å². The van der Waals surface area contributed by atoms with Gasteiger partial charge in [0.05, 0.1) is 6.10 Å². The Kier molecular flexibility index (Phi) is 2.65. The Morgan fingerprint density at radius 3 is 2.86 bits per heavy atom. The maximum atomic E-state index is 11.4. The Bertz CT molecular complexity index is 236. The maximum Gasteiger partial charge on any atom is 0.133 e. The zero-order valence-corrected chi connectivity index (χ0v) is 8.96. The molecule has 80 valence electrons. The third kappa shape index (κ3) is 1.60. The van der Waals surface area contributed by atoms with Gasteiger partial charge in [-0.05, 0) is 30.6 Å². The van der Waals surface area contributed by atoms with Gasteiger partial charge in [0.1, 0.15) is 5.78 Å². The summed E-state index contributed by atoms with van der Waals surface area (Å²) in [6, 6.07) is 0. The molecule has 2 aliphatic carbocycles. The van der Waals surface area contributed by atoms with Crippen LogP contribution in [-0.4, -0.2) is 17.0 Å². The van der Waals surface area contributed by atoms with Crippen molar-refractivity contribution in [1.29, 1.82) is 0 Å². The fraction of sp³-hybridized carbons (Fsp3) is 0.917. The Morgan fingerprint density at radius 1 is 1.36 bits per heavy atom. The molecule has 3 atom stereocenters. The van der Waals surface area contributed by atoms with Crippen molar-refractivity contribution in [3.05, 3.63) is 0 Å². The van der Waals surface area contributed by atoms with Crippen LogP contribution in [-0.2, 0) is 4.79 Å². The summed E-state index contributed by atoms with van der Waals surface area (Å²) in [5.74, 6) is 0.850. The van der Waals surface area contributed by atoms with E-state index in [4.69, 9.17) is 0 Å². The van der Waals surface area contributed by atoms with Gasteiger partial charge in [0.15, 0.2) is 0 Å². The van der Waals surface area contributed by atoms with Crippen molar-refractivity contribution in [2.45, 2.75) is 58.0 Å². The number of carbonyl (C=O) groups excluding carboxylic acids is 1. The molecular weight excluding hydrogens is 176 g/mol. The monoisotopic (exact) mass is 196 g/mol. The first-order valence-corrected chi connectivity index (χ1v) is 5.83. The van der Waals surface area contributed by atoms with Crippen LogP contribution in [0.2, 0.25) is 0 Å². The second-order valence-corrected chi connectivity index (χ2v) is 5.25. The van der Waals surface area contributed by atoms with Gasteiger partial charge in [-0.25, -0.2) is 0 Å². The Hall–Kier alpha value is -0.370. The minimum absolute atomic E-state index is 0.0322. The number of fused-ring (bicyclic) bond motifs is 1. The van der Waals surface area contributed by atoms with Gasteiger partial charge in [0.25, 0.3) is 0 Å². The molecule has 2 fully saturated rings. The number of carbonyl (C=O) groups is 1. The summed E-state index contributed by atoms with van der Waals surface area (Å²) in [7, 11) is 0. The molecule has 0 radical (unpaired) electrons. The molecule has 0 aromatic rings. The first kappa shape index (κ1) is 10.2. The quantitative estimate of drug-likeness (QED) is 0.645. The standard InChI is InChI=1S/C12H20O2/c1-12-7-6-10(13)8-9(12)4-2-3-5-11(12)14/h9,11,14H,2-8H2,1H3/t9-,11+,12-/m0/s1. The predicted octanol–water partition coefficient (Wildman–Crippen LogP) is 2.30. The number of aliphatic hydroxyl groups is 1. The molecule has 0 amide bonds. The third-order valence-electron chi connectivity index (χ3n) is 4.39. The van der Waals surface area contributed by atoms with Crippen molar-refractivity contribution in [3.63, 3.8) is 0 Å². The molecule has 2 nitrogen and oxygen atoms in total. The summed E-state index contributed by atoms with van der Waals surface area (Å²) >= 11 is 0. The molecular formula is C12H20O2. The molecule has 1 N–H and O–H groups in total. The van der Waals surface area contributed by atoms with Crippen molar-refractivity contribution in [3.8, 4) is 0 Å². The second-order valence-electron chi connectivity index (χ2n) is 5.25. The van der Waals surface area contributed by atoms with E-state index in [2.05, 4.69) is 6.92 Å². The largest absolute Gasteiger partial charge is 0.393 e. The van der Waals surface area contributed by atoms with Crippen LogP contribution in [0.15, 0.2) is 0 Å². The normalized spacial score (nSPS) is 44.3. The van der Waals surface area contributed by atoms with Crippen LogP contribution in [0.1, 0.15) is 51.9 Å². The lowest BCUT2D eigenvalue weighted by Crippen LogP contribution is -2.42. The topological polar surface area (TPSA) is 37.3 Å². The number of hydrogen-bond acceptors (Lipinski definition) is 2. The highest BCUT2D eigenvalue weighted by Crippen LogP contribution is 2.47. The summed E-state index contributed by atoms with van der Waals surface area (Å²) in [4.78, 5) is 11.4. The number of rotatable bonds is 0. The van der Waals surface area contributed by atoms with Gasteiger partial charge in [-0.3, -0.25) is 4.79 Å². The predicted molar refractivity (Wildman–Crippen MR) is 54.9 cm³/mol. The molecule has 0 saturated heterocycles. The lowest BCUT2D eigenvalue weighted by Gasteiger charge is -2.43. The van der Waals surface area contributed by atoms with Gasteiger partial charge < -0.3 is 5.11 Å². The summed E-state index contributed by atoms with van der Waals surface area (Å²) in [5, 5.41) is 10.1. The van der Waals surface area contributed by atoms with Crippen molar-refractivity contribution in [1.82, 2.24) is 0 Å². The van der Waals surface area contributed by atoms with E-state index in [1.54, 1.807) is 0 Å². The van der Waals surface area contributed by atoms with Crippen LogP contribution in [0, 0.1) is 11.3 Å². The molecule has 2 rings (SSSR count). The van der Waals surface area contributed by atoms with Gasteiger partial charge in [-0.1, -0.05) is 19.8 Å². The van der Waals surface area contributed by atoms with Gasteiger partial charge >= 0.3 is 0 Å². The van der Waals surface area contributed by atoms with Gasteiger partial charge in [-0.2, -0.15) is 0 Å². The molecule has 0 aliphatic heterocycles. The molecule has 2 aliphatic rings. The third-order valence-corrected chi connectivity index (χ3v) is 4.39. The van der Waals surface area contributed by atoms with Crippen molar-refractivity contribution < 1.29 is 9.90 Å². The van der Waals surface area contributed by atoms with Gasteiger partial charge in [0, 0.05) is 12.8 Å². The van der Waals surface area contributed by atoms with Gasteiger partial charge in [-0.15, -0.1) is 0 Å². The molecule has 0 aromatic carbocycles. The smallest absolute Gasteiger partial charge is 0.133 e. The molecule has 2 saturated carbocycles. The highest BCUT2D eigenvalue weighted by atomic mass is 16.3. The van der Waals surface area contributed by atoms with Crippen LogP contribution in [0.4, 0.5) is 0 Å². The second kappa shape index (κ2) is 3.65. The molecule has 0 spiro atoms. The average Bonchev–Trinajstić information content (AvgIpc) is 2.29. The van der Waals surface area contributed by atoms with Gasteiger partial charge in [0.2, 0.25) is 0 Å². The van der Waals surface area contributed by atoms with E-state index in [0.717, 1.165) is 25.7 Å². The molecule has 0 heterocycles. The zero-order valence-electron chi connectivity index (χ0n) is 8.96. The van der Waals surface area contributed by atoms with E-state index in [-0.39, 0.29) is 11.5 Å². The first-order valence-electron chi connectivity index (χ1n) is 5.83. The van der Waals surface area contributed by atoms with Crippen LogP contribution < -0.4 is 0 Å². The van der Waals surface area contributed by atoms with Crippen molar-refractivity contribution in [2.24, 2.45) is 11.3 Å².